The van der Waals surface area contributed by atoms with Gasteiger partial charge in [0.2, 0.25) is 15.9 Å². The molecular formula is C13H22ClN3O3S. The van der Waals surface area contributed by atoms with Crippen LogP contribution in [0.2, 0.25) is 0 Å². The Morgan fingerprint density at radius 2 is 2.10 bits per heavy atom. The first-order valence-corrected chi connectivity index (χ1v) is 8.27. The molecule has 1 aromatic rings. The lowest BCUT2D eigenvalue weighted by atomic mass is 9.85. The Bertz CT molecular complexity index is 536. The van der Waals surface area contributed by atoms with Crippen LogP contribution in [0.1, 0.15) is 25.7 Å². The van der Waals surface area contributed by atoms with E-state index >= 15 is 0 Å². The van der Waals surface area contributed by atoms with Crippen molar-refractivity contribution < 1.29 is 13.2 Å². The quantitative estimate of drug-likeness (QED) is 0.846. The molecule has 8 heteroatoms. The molecule has 1 heterocycles. The van der Waals surface area contributed by atoms with Crippen molar-refractivity contribution in [2.75, 3.05) is 13.7 Å². The van der Waals surface area contributed by atoms with Crippen LogP contribution in [0.4, 0.5) is 0 Å². The average molecular weight is 336 g/mol. The molecule has 2 rings (SSSR count). The van der Waals surface area contributed by atoms with Gasteiger partial charge in [0.1, 0.15) is 4.90 Å². The van der Waals surface area contributed by atoms with Gasteiger partial charge < -0.3 is 10.5 Å². The molecule has 21 heavy (non-hydrogen) atoms. The molecule has 1 aliphatic carbocycles. The Labute approximate surface area is 131 Å². The highest BCUT2D eigenvalue weighted by Crippen LogP contribution is 2.25. The van der Waals surface area contributed by atoms with E-state index in [-0.39, 0.29) is 29.3 Å². The van der Waals surface area contributed by atoms with Gasteiger partial charge in [0.25, 0.3) is 0 Å². The summed E-state index contributed by atoms with van der Waals surface area (Å²) in [5.41, 5.74) is 5.73. The van der Waals surface area contributed by atoms with Crippen LogP contribution in [-0.2, 0) is 10.0 Å². The number of nitrogens with two attached hydrogens (primary N) is 1. The Hall–Kier alpha value is -0.890. The standard InChI is InChI=1S/C13H21N3O3S.ClH/c1-19-13-7-6-11(9-15-13)20(17,18)16-12-5-3-2-4-10(12)8-14;/h6-7,9-10,12,16H,2-5,8,14H2,1H3;1H. The van der Waals surface area contributed by atoms with E-state index in [4.69, 9.17) is 10.5 Å². The van der Waals surface area contributed by atoms with Gasteiger partial charge in [-0.1, -0.05) is 12.8 Å². The predicted molar refractivity (Wildman–Crippen MR) is 83.2 cm³/mol. The van der Waals surface area contributed by atoms with E-state index in [0.29, 0.717) is 12.4 Å². The molecule has 1 saturated carbocycles. The van der Waals surface area contributed by atoms with Crippen molar-refractivity contribution in [3.63, 3.8) is 0 Å². The van der Waals surface area contributed by atoms with Gasteiger partial charge in [0.05, 0.1) is 13.3 Å². The van der Waals surface area contributed by atoms with E-state index in [2.05, 4.69) is 9.71 Å². The largest absolute Gasteiger partial charge is 0.481 e. The van der Waals surface area contributed by atoms with Gasteiger partial charge in [0, 0.05) is 12.1 Å². The minimum absolute atomic E-state index is 0. The fourth-order valence-electron chi connectivity index (χ4n) is 2.56. The molecular weight excluding hydrogens is 314 g/mol. The highest BCUT2D eigenvalue weighted by atomic mass is 35.5. The third-order valence-electron chi connectivity index (χ3n) is 3.75. The molecule has 0 bridgehead atoms. The molecule has 1 aliphatic rings. The van der Waals surface area contributed by atoms with E-state index in [1.807, 2.05) is 0 Å². The minimum Gasteiger partial charge on any atom is -0.481 e. The van der Waals surface area contributed by atoms with Gasteiger partial charge in [0.15, 0.2) is 0 Å². The summed E-state index contributed by atoms with van der Waals surface area (Å²) in [6.07, 6.45) is 5.27. The second-order valence-electron chi connectivity index (χ2n) is 5.04. The summed E-state index contributed by atoms with van der Waals surface area (Å²) in [6.45, 7) is 0.508. The van der Waals surface area contributed by atoms with Crippen molar-refractivity contribution >= 4 is 22.4 Å². The first-order valence-electron chi connectivity index (χ1n) is 6.79. The van der Waals surface area contributed by atoms with Crippen LogP contribution in [0.15, 0.2) is 23.2 Å². The molecule has 1 aromatic heterocycles. The highest BCUT2D eigenvalue weighted by molar-refractivity contribution is 7.89. The van der Waals surface area contributed by atoms with Crippen molar-refractivity contribution in [3.8, 4) is 5.88 Å². The van der Waals surface area contributed by atoms with Crippen LogP contribution < -0.4 is 15.2 Å². The highest BCUT2D eigenvalue weighted by Gasteiger charge is 2.28. The van der Waals surface area contributed by atoms with Crippen LogP contribution in [-0.4, -0.2) is 33.1 Å². The number of hydrogen-bond acceptors (Lipinski definition) is 5. The summed E-state index contributed by atoms with van der Waals surface area (Å²) in [4.78, 5) is 4.08. The second-order valence-corrected chi connectivity index (χ2v) is 6.76. The monoisotopic (exact) mass is 335 g/mol. The summed E-state index contributed by atoms with van der Waals surface area (Å²) >= 11 is 0. The van der Waals surface area contributed by atoms with Gasteiger partial charge in [-0.25, -0.2) is 18.1 Å². The van der Waals surface area contributed by atoms with Crippen LogP contribution >= 0.6 is 12.4 Å². The molecule has 3 N–H and O–H groups in total. The van der Waals surface area contributed by atoms with Crippen LogP contribution in [0, 0.1) is 5.92 Å². The maximum absolute atomic E-state index is 12.3. The summed E-state index contributed by atoms with van der Waals surface area (Å²) in [6, 6.07) is 2.95. The summed E-state index contributed by atoms with van der Waals surface area (Å²) in [5, 5.41) is 0. The van der Waals surface area contributed by atoms with Crippen molar-refractivity contribution in [2.45, 2.75) is 36.6 Å². The Morgan fingerprint density at radius 3 is 2.67 bits per heavy atom. The van der Waals surface area contributed by atoms with Crippen molar-refractivity contribution in [1.82, 2.24) is 9.71 Å². The third-order valence-corrected chi connectivity index (χ3v) is 5.22. The molecule has 0 amide bonds. The first kappa shape index (κ1) is 18.2. The maximum atomic E-state index is 12.3. The van der Waals surface area contributed by atoms with Crippen LogP contribution in [0.25, 0.3) is 0 Å². The Kier molecular flexibility index (Phi) is 6.86. The van der Waals surface area contributed by atoms with Gasteiger partial charge in [-0.2, -0.15) is 0 Å². The zero-order valence-electron chi connectivity index (χ0n) is 12.0. The molecule has 0 aromatic carbocycles. The first-order chi connectivity index (χ1) is 9.56. The van der Waals surface area contributed by atoms with Gasteiger partial charge in [-0.3, -0.25) is 0 Å². The lowest BCUT2D eigenvalue weighted by Crippen LogP contribution is -2.44. The fraction of sp³-hybridized carbons (Fsp3) is 0.615. The molecule has 120 valence electrons. The molecule has 0 aliphatic heterocycles. The number of sulfonamides is 1. The van der Waals surface area contributed by atoms with Crippen molar-refractivity contribution in [2.24, 2.45) is 11.7 Å². The summed E-state index contributed by atoms with van der Waals surface area (Å²) < 4.78 is 32.3. The zero-order valence-corrected chi connectivity index (χ0v) is 13.6. The predicted octanol–water partition coefficient (Wildman–Crippen LogP) is 1.31. The topological polar surface area (TPSA) is 94.3 Å². The molecule has 2 unspecified atom stereocenters. The lowest BCUT2D eigenvalue weighted by molar-refractivity contribution is 0.296. The molecule has 1 fully saturated rings. The smallest absolute Gasteiger partial charge is 0.242 e. The second kappa shape index (κ2) is 7.93. The van der Waals surface area contributed by atoms with Crippen LogP contribution in [0.3, 0.4) is 0 Å². The van der Waals surface area contributed by atoms with Gasteiger partial charge >= 0.3 is 0 Å². The van der Waals surface area contributed by atoms with Gasteiger partial charge in [-0.15, -0.1) is 12.4 Å². The molecule has 0 spiro atoms. The Balaban J connectivity index is 0.00000220. The molecule has 6 nitrogen and oxygen atoms in total. The molecule has 0 saturated heterocycles. The van der Waals surface area contributed by atoms with E-state index in [0.717, 1.165) is 25.7 Å². The zero-order chi connectivity index (χ0) is 14.6. The maximum Gasteiger partial charge on any atom is 0.242 e. The SMILES string of the molecule is COc1ccc(S(=O)(=O)NC2CCCCC2CN)cn1.Cl. The number of rotatable bonds is 5. The van der Waals surface area contributed by atoms with E-state index in [1.165, 1.54) is 25.4 Å². The fourth-order valence-corrected chi connectivity index (χ4v) is 3.84. The van der Waals surface area contributed by atoms with E-state index < -0.39 is 10.0 Å². The van der Waals surface area contributed by atoms with Crippen molar-refractivity contribution in [1.29, 1.82) is 0 Å². The number of aromatic nitrogens is 1. The molecule has 0 radical (unpaired) electrons. The number of ether oxygens (including phenoxy) is 1. The number of hydrogen-bond donors (Lipinski definition) is 2. The lowest BCUT2D eigenvalue weighted by Gasteiger charge is -2.30. The van der Waals surface area contributed by atoms with E-state index in [9.17, 15) is 8.42 Å². The summed E-state index contributed by atoms with van der Waals surface area (Å²) in [5.74, 6) is 0.603. The van der Waals surface area contributed by atoms with Gasteiger partial charge in [-0.05, 0) is 31.4 Å². The van der Waals surface area contributed by atoms with Crippen molar-refractivity contribution in [3.05, 3.63) is 18.3 Å². The number of methoxy groups -OCH3 is 1. The Morgan fingerprint density at radius 1 is 1.38 bits per heavy atom. The van der Waals surface area contributed by atoms with E-state index in [1.54, 1.807) is 0 Å². The average Bonchev–Trinajstić information content (AvgIpc) is 2.47. The number of nitrogens with zero attached hydrogens (tertiary/aromatic N) is 1. The molecule has 2 atom stereocenters. The normalized spacial score (nSPS) is 22.4. The summed E-state index contributed by atoms with van der Waals surface area (Å²) in [7, 11) is -2.06. The number of halogens is 1. The number of nitrogens with one attached hydrogen (secondary N) is 1. The number of pyridine rings is 1. The minimum atomic E-state index is -3.55. The third kappa shape index (κ3) is 4.54. The van der Waals surface area contributed by atoms with Crippen LogP contribution in [0.5, 0.6) is 5.88 Å².